The smallest absolute Gasteiger partial charge is 0.306 e. The van der Waals surface area contributed by atoms with Crippen LogP contribution in [-0.2, 0) is 16.2 Å². The Balaban J connectivity index is 1.66. The summed E-state index contributed by atoms with van der Waals surface area (Å²) in [5, 5.41) is 12.8. The molecule has 3 aromatic rings. The van der Waals surface area contributed by atoms with Crippen LogP contribution in [0.4, 0.5) is 5.82 Å². The molecule has 0 aliphatic heterocycles. The van der Waals surface area contributed by atoms with Crippen LogP contribution in [0.1, 0.15) is 53.6 Å². The zero-order valence-corrected chi connectivity index (χ0v) is 22.0. The summed E-state index contributed by atoms with van der Waals surface area (Å²) in [6.07, 6.45) is 5.69. The molecule has 2 aromatic heterocycles. The lowest BCUT2D eigenvalue weighted by Crippen LogP contribution is -2.33. The second-order valence-corrected chi connectivity index (χ2v) is 10.8. The number of aryl methyl sites for hydroxylation is 2. The van der Waals surface area contributed by atoms with Crippen molar-refractivity contribution < 1.29 is 23.7 Å². The number of amides is 1. The van der Waals surface area contributed by atoms with Gasteiger partial charge in [0.2, 0.25) is 5.71 Å². The number of furan rings is 1. The number of aromatic nitrogens is 1. The van der Waals surface area contributed by atoms with Crippen LogP contribution in [0.25, 0.3) is 22.4 Å². The summed E-state index contributed by atoms with van der Waals surface area (Å²) in [7, 11) is 1.58. The molecule has 3 atom stereocenters. The maximum Gasteiger partial charge on any atom is 0.306 e. The van der Waals surface area contributed by atoms with Gasteiger partial charge in [-0.15, -0.1) is 0 Å². The molecule has 2 N–H and O–H groups in total. The molecule has 1 aromatic carbocycles. The fourth-order valence-corrected chi connectivity index (χ4v) is 6.00. The van der Waals surface area contributed by atoms with E-state index in [1.165, 1.54) is 0 Å². The molecule has 0 spiro atoms. The average Bonchev–Trinajstić information content (AvgIpc) is 3.46. The van der Waals surface area contributed by atoms with Crippen molar-refractivity contribution >= 4 is 40.2 Å². The summed E-state index contributed by atoms with van der Waals surface area (Å²) in [4.78, 5) is 29.1. The van der Waals surface area contributed by atoms with Crippen LogP contribution < -0.4 is 9.62 Å². The quantitative estimate of drug-likeness (QED) is 0.394. The molecular weight excluding hydrogens is 478 g/mol. The minimum atomic E-state index is -1.34. The molecule has 4 rings (SSSR count). The molecule has 36 heavy (non-hydrogen) atoms. The van der Waals surface area contributed by atoms with E-state index in [4.69, 9.17) is 9.40 Å². The number of nitrogens with one attached hydrogen (secondary N) is 1. The molecule has 1 aliphatic carbocycles. The number of fused-ring (bicyclic) bond motifs is 1. The van der Waals surface area contributed by atoms with Gasteiger partial charge in [-0.25, -0.2) is 0 Å². The van der Waals surface area contributed by atoms with Gasteiger partial charge < -0.3 is 19.4 Å². The molecule has 1 fully saturated rings. The van der Waals surface area contributed by atoms with Gasteiger partial charge >= 0.3 is 5.97 Å². The largest absolute Gasteiger partial charge is 0.593 e. The highest BCUT2D eigenvalue weighted by Gasteiger charge is 2.33. The Morgan fingerprint density at radius 1 is 1.25 bits per heavy atom. The number of pyridine rings is 1. The lowest BCUT2D eigenvalue weighted by molar-refractivity contribution is -0.143. The molecule has 1 aliphatic rings. The summed E-state index contributed by atoms with van der Waals surface area (Å²) >= 11 is -1.34. The van der Waals surface area contributed by atoms with Crippen molar-refractivity contribution in [3.8, 4) is 11.3 Å². The summed E-state index contributed by atoms with van der Waals surface area (Å²) in [6, 6.07) is 9.60. The van der Waals surface area contributed by atoms with E-state index in [0.29, 0.717) is 41.2 Å². The van der Waals surface area contributed by atoms with Crippen LogP contribution >= 0.6 is 0 Å². The molecule has 9 heteroatoms. The number of hydrogen-bond donors (Lipinski definition) is 2. The van der Waals surface area contributed by atoms with E-state index in [1.54, 1.807) is 17.6 Å². The summed E-state index contributed by atoms with van der Waals surface area (Å²) in [5.41, 5.74) is 3.38. The zero-order valence-electron chi connectivity index (χ0n) is 21.2. The molecule has 1 amide bonds. The lowest BCUT2D eigenvalue weighted by Gasteiger charge is -2.25. The summed E-state index contributed by atoms with van der Waals surface area (Å²) in [6.45, 7) is 4.36. The lowest BCUT2D eigenvalue weighted by atomic mass is 9.92. The number of carbonyl (C=O) groups excluding carboxylic acids is 1. The van der Waals surface area contributed by atoms with Gasteiger partial charge in [0.1, 0.15) is 12.0 Å². The standard InChI is InChI=1S/C27H33N3O5S/c1-16-10-12-19(13-11-16)23-22(25(31)28-3)21-15-17(2)24(29-26(21)35-23)30(36(4)34)14-6-8-18-7-5-9-20(18)27(32)33/h10-13,15,18,20H,5-9,14H2,1-4H3,(H,28,31)(H,32,33). The van der Waals surface area contributed by atoms with Gasteiger partial charge in [-0.05, 0) is 57.1 Å². The molecule has 0 bridgehead atoms. The molecule has 0 radical (unpaired) electrons. The Morgan fingerprint density at radius 2 is 1.97 bits per heavy atom. The van der Waals surface area contributed by atoms with Gasteiger partial charge in [0, 0.05) is 12.6 Å². The third-order valence-corrected chi connectivity index (χ3v) is 8.05. The topological polar surface area (TPSA) is 119 Å². The van der Waals surface area contributed by atoms with E-state index in [9.17, 15) is 19.2 Å². The van der Waals surface area contributed by atoms with E-state index in [0.717, 1.165) is 42.4 Å². The number of benzene rings is 1. The van der Waals surface area contributed by atoms with E-state index >= 15 is 0 Å². The van der Waals surface area contributed by atoms with Crippen LogP contribution in [-0.4, -0.2) is 46.4 Å². The first-order valence-electron chi connectivity index (χ1n) is 12.3. The minimum absolute atomic E-state index is 0.156. The van der Waals surface area contributed by atoms with Crippen molar-refractivity contribution in [2.24, 2.45) is 11.8 Å². The highest BCUT2D eigenvalue weighted by molar-refractivity contribution is 7.92. The maximum absolute atomic E-state index is 12.8. The molecule has 1 saturated carbocycles. The molecular formula is C27H33N3O5S. The van der Waals surface area contributed by atoms with Crippen molar-refractivity contribution in [3.63, 3.8) is 0 Å². The predicted octanol–water partition coefficient (Wildman–Crippen LogP) is 4.85. The van der Waals surface area contributed by atoms with E-state index in [1.807, 2.05) is 44.2 Å². The Hall–Kier alpha value is -3.04. The normalized spacial score (nSPS) is 18.4. The van der Waals surface area contributed by atoms with Crippen molar-refractivity contribution in [3.05, 3.63) is 47.0 Å². The van der Waals surface area contributed by atoms with Gasteiger partial charge in [0.05, 0.1) is 34.8 Å². The van der Waals surface area contributed by atoms with Gasteiger partial charge in [-0.3, -0.25) is 9.59 Å². The van der Waals surface area contributed by atoms with Crippen LogP contribution in [0, 0.1) is 25.7 Å². The molecule has 0 saturated heterocycles. The number of aliphatic carboxylic acids is 1. The second kappa shape index (κ2) is 10.9. The van der Waals surface area contributed by atoms with Crippen LogP contribution in [0.5, 0.6) is 0 Å². The fraction of sp³-hybridized carbons (Fsp3) is 0.444. The Bertz CT molecular complexity index is 1250. The number of carboxylic acids is 1. The van der Waals surface area contributed by atoms with Crippen molar-refractivity contribution in [2.45, 2.75) is 46.0 Å². The summed E-state index contributed by atoms with van der Waals surface area (Å²) in [5.74, 6) is -0.128. The minimum Gasteiger partial charge on any atom is -0.593 e. The second-order valence-electron chi connectivity index (χ2n) is 9.54. The number of nitrogens with zero attached hydrogens (tertiary/aromatic N) is 2. The van der Waals surface area contributed by atoms with Crippen molar-refractivity contribution in [1.82, 2.24) is 10.3 Å². The number of rotatable bonds is 9. The van der Waals surface area contributed by atoms with Crippen molar-refractivity contribution in [1.29, 1.82) is 0 Å². The molecule has 192 valence electrons. The highest BCUT2D eigenvalue weighted by atomic mass is 32.2. The summed E-state index contributed by atoms with van der Waals surface area (Å²) < 4.78 is 20.6. The molecule has 2 heterocycles. The van der Waals surface area contributed by atoms with E-state index < -0.39 is 17.3 Å². The molecule has 3 unspecified atom stereocenters. The highest BCUT2D eigenvalue weighted by Crippen LogP contribution is 2.37. The van der Waals surface area contributed by atoms with Gasteiger partial charge in [0.25, 0.3) is 5.91 Å². The first-order valence-corrected chi connectivity index (χ1v) is 13.8. The number of hydrogen-bond acceptors (Lipinski definition) is 6. The van der Waals surface area contributed by atoms with E-state index in [2.05, 4.69) is 5.32 Å². The number of carboxylic acid groups (broad SMARTS) is 1. The Morgan fingerprint density at radius 3 is 2.61 bits per heavy atom. The first kappa shape index (κ1) is 26.0. The fourth-order valence-electron chi connectivity index (χ4n) is 5.19. The molecule has 8 nitrogen and oxygen atoms in total. The third kappa shape index (κ3) is 5.22. The van der Waals surface area contributed by atoms with Gasteiger partial charge in [0.15, 0.2) is 5.82 Å². The first-order chi connectivity index (χ1) is 17.2. The Kier molecular flexibility index (Phi) is 7.90. The van der Waals surface area contributed by atoms with Crippen molar-refractivity contribution in [2.75, 3.05) is 24.2 Å². The average molecular weight is 512 g/mol. The van der Waals surface area contributed by atoms with Crippen LogP contribution in [0.2, 0.25) is 0 Å². The zero-order chi connectivity index (χ0) is 26.0. The SMILES string of the molecule is CNC(=O)c1c(-c2ccc(C)cc2)oc2nc(N(CCCC3CCCC3C(=O)O)[S+](C)[O-])c(C)cc12. The number of anilines is 1. The van der Waals surface area contributed by atoms with Gasteiger partial charge in [-0.1, -0.05) is 36.2 Å². The third-order valence-electron chi connectivity index (χ3n) is 7.07. The van der Waals surface area contributed by atoms with E-state index in [-0.39, 0.29) is 17.7 Å². The van der Waals surface area contributed by atoms with Crippen LogP contribution in [0.15, 0.2) is 34.7 Å². The van der Waals surface area contributed by atoms with Gasteiger partial charge in [-0.2, -0.15) is 9.29 Å². The Labute approximate surface area is 214 Å². The predicted molar refractivity (Wildman–Crippen MR) is 141 cm³/mol. The van der Waals surface area contributed by atoms with Crippen LogP contribution in [0.3, 0.4) is 0 Å². The monoisotopic (exact) mass is 511 g/mol. The number of carbonyl (C=O) groups is 2. The maximum atomic E-state index is 12.8.